The normalized spacial score (nSPS) is 13.9. The molecule has 7 nitrogen and oxygen atoms in total. The standard InChI is InChI=1S/C20H18N6OS/c1-13-2-5-17-22-15(10-18(27)25(17)11-13)12-28-20-24-23-19(26(20)16-3-4-16)14-6-8-21-9-7-14/h2,5-11,16H,3-4,12H2,1H3. The van der Waals surface area contributed by atoms with E-state index in [1.165, 1.54) is 0 Å². The van der Waals surface area contributed by atoms with E-state index in [0.717, 1.165) is 40.6 Å². The lowest BCUT2D eigenvalue weighted by atomic mass is 10.2. The summed E-state index contributed by atoms with van der Waals surface area (Å²) < 4.78 is 3.79. The van der Waals surface area contributed by atoms with Crippen LogP contribution in [0.15, 0.2) is 58.9 Å². The molecule has 4 aromatic heterocycles. The first-order valence-corrected chi connectivity index (χ1v) is 10.1. The van der Waals surface area contributed by atoms with Gasteiger partial charge in [-0.25, -0.2) is 4.98 Å². The van der Waals surface area contributed by atoms with Crippen molar-refractivity contribution in [1.82, 2.24) is 29.1 Å². The minimum atomic E-state index is -0.0644. The number of aromatic nitrogens is 6. The summed E-state index contributed by atoms with van der Waals surface area (Å²) >= 11 is 1.57. The zero-order chi connectivity index (χ0) is 19.1. The molecule has 28 heavy (non-hydrogen) atoms. The van der Waals surface area contributed by atoms with E-state index in [9.17, 15) is 4.79 Å². The minimum absolute atomic E-state index is 0.0644. The van der Waals surface area contributed by atoms with Crippen molar-refractivity contribution in [3.05, 3.63) is 70.5 Å². The van der Waals surface area contributed by atoms with E-state index in [2.05, 4.69) is 24.7 Å². The van der Waals surface area contributed by atoms with Gasteiger partial charge in [0.15, 0.2) is 11.0 Å². The maximum Gasteiger partial charge on any atom is 0.258 e. The fraction of sp³-hybridized carbons (Fsp3) is 0.250. The van der Waals surface area contributed by atoms with E-state index >= 15 is 0 Å². The van der Waals surface area contributed by atoms with Crippen molar-refractivity contribution >= 4 is 17.4 Å². The van der Waals surface area contributed by atoms with E-state index in [1.54, 1.807) is 34.6 Å². The third-order valence-corrected chi connectivity index (χ3v) is 5.70. The van der Waals surface area contributed by atoms with Crippen LogP contribution in [0.3, 0.4) is 0 Å². The molecule has 0 unspecified atom stereocenters. The Balaban J connectivity index is 1.45. The van der Waals surface area contributed by atoms with E-state index in [4.69, 9.17) is 0 Å². The monoisotopic (exact) mass is 390 g/mol. The molecule has 0 spiro atoms. The average molecular weight is 390 g/mol. The number of thioether (sulfide) groups is 1. The molecule has 4 aromatic rings. The van der Waals surface area contributed by atoms with Gasteiger partial charge in [0.05, 0.1) is 5.69 Å². The molecule has 0 bridgehead atoms. The predicted molar refractivity (Wildman–Crippen MR) is 107 cm³/mol. The van der Waals surface area contributed by atoms with E-state index in [1.807, 2.05) is 37.4 Å². The highest BCUT2D eigenvalue weighted by Crippen LogP contribution is 2.41. The Morgan fingerprint density at radius 2 is 1.96 bits per heavy atom. The number of pyridine rings is 2. The summed E-state index contributed by atoms with van der Waals surface area (Å²) in [5.74, 6) is 1.44. The van der Waals surface area contributed by atoms with Gasteiger partial charge < -0.3 is 0 Å². The lowest BCUT2D eigenvalue weighted by Gasteiger charge is -2.09. The second kappa shape index (κ2) is 6.87. The predicted octanol–water partition coefficient (Wildman–Crippen LogP) is 3.28. The van der Waals surface area contributed by atoms with Gasteiger partial charge >= 0.3 is 0 Å². The highest BCUT2D eigenvalue weighted by Gasteiger charge is 2.30. The molecule has 4 heterocycles. The molecule has 5 rings (SSSR count). The van der Waals surface area contributed by atoms with Gasteiger partial charge in [-0.2, -0.15) is 0 Å². The molecule has 0 radical (unpaired) electrons. The summed E-state index contributed by atoms with van der Waals surface area (Å²) in [7, 11) is 0. The second-order valence-electron chi connectivity index (χ2n) is 6.95. The summed E-state index contributed by atoms with van der Waals surface area (Å²) in [4.78, 5) is 21.1. The van der Waals surface area contributed by atoms with Crippen LogP contribution in [0, 0.1) is 6.92 Å². The van der Waals surface area contributed by atoms with Crippen LogP contribution in [0.1, 0.15) is 30.1 Å². The summed E-state index contributed by atoms with van der Waals surface area (Å²) in [6, 6.07) is 9.78. The SMILES string of the molecule is Cc1ccc2nc(CSc3nnc(-c4ccncc4)n3C3CC3)cc(=O)n2c1. The number of fused-ring (bicyclic) bond motifs is 1. The van der Waals surface area contributed by atoms with Gasteiger partial charge in [0, 0.05) is 42.0 Å². The number of hydrogen-bond donors (Lipinski definition) is 0. The first-order chi connectivity index (χ1) is 13.7. The van der Waals surface area contributed by atoms with Gasteiger partial charge in [-0.15, -0.1) is 10.2 Å². The fourth-order valence-electron chi connectivity index (χ4n) is 3.21. The quantitative estimate of drug-likeness (QED) is 0.487. The molecular formula is C20H18N6OS. The maximum atomic E-state index is 12.4. The van der Waals surface area contributed by atoms with E-state index in [-0.39, 0.29) is 5.56 Å². The van der Waals surface area contributed by atoms with Crippen molar-refractivity contribution in [3.8, 4) is 11.4 Å². The summed E-state index contributed by atoms with van der Waals surface area (Å²) in [5, 5.41) is 9.69. The molecule has 1 saturated carbocycles. The first-order valence-electron chi connectivity index (χ1n) is 9.16. The highest BCUT2D eigenvalue weighted by atomic mass is 32.2. The maximum absolute atomic E-state index is 12.4. The Hall–Kier alpha value is -3.00. The number of hydrogen-bond acceptors (Lipinski definition) is 6. The van der Waals surface area contributed by atoms with Gasteiger partial charge in [0.25, 0.3) is 5.56 Å². The molecule has 0 aliphatic heterocycles. The van der Waals surface area contributed by atoms with Crippen LogP contribution in [-0.4, -0.2) is 29.1 Å². The Morgan fingerprint density at radius 1 is 1.14 bits per heavy atom. The van der Waals surface area contributed by atoms with Crippen LogP contribution in [0.5, 0.6) is 0 Å². The van der Waals surface area contributed by atoms with Crippen LogP contribution in [-0.2, 0) is 5.75 Å². The van der Waals surface area contributed by atoms with E-state index in [0.29, 0.717) is 17.4 Å². The molecule has 0 aromatic carbocycles. The zero-order valence-electron chi connectivity index (χ0n) is 15.3. The minimum Gasteiger partial charge on any atom is -0.299 e. The second-order valence-corrected chi connectivity index (χ2v) is 7.89. The molecule has 0 N–H and O–H groups in total. The Labute approximate surface area is 165 Å². The molecule has 0 saturated heterocycles. The number of rotatable bonds is 5. The van der Waals surface area contributed by atoms with Crippen LogP contribution < -0.4 is 5.56 Å². The number of aryl methyl sites for hydroxylation is 1. The Bertz CT molecular complexity index is 1210. The van der Waals surface area contributed by atoms with Gasteiger partial charge in [0.1, 0.15) is 5.65 Å². The summed E-state index contributed by atoms with van der Waals surface area (Å²) in [6.45, 7) is 1.96. The fourth-order valence-corrected chi connectivity index (χ4v) is 4.10. The lowest BCUT2D eigenvalue weighted by molar-refractivity contribution is 0.669. The van der Waals surface area contributed by atoms with Gasteiger partial charge in [-0.3, -0.25) is 18.7 Å². The molecule has 1 aliphatic carbocycles. The summed E-state index contributed by atoms with van der Waals surface area (Å²) in [6.07, 6.45) is 7.62. The first kappa shape index (κ1) is 17.1. The molecule has 0 amide bonds. The van der Waals surface area contributed by atoms with Crippen molar-refractivity contribution in [2.45, 2.75) is 36.7 Å². The summed E-state index contributed by atoms with van der Waals surface area (Å²) in [5.41, 5.74) is 3.38. The largest absolute Gasteiger partial charge is 0.299 e. The Morgan fingerprint density at radius 3 is 2.75 bits per heavy atom. The van der Waals surface area contributed by atoms with E-state index < -0.39 is 0 Å². The van der Waals surface area contributed by atoms with Gasteiger partial charge in [0.2, 0.25) is 0 Å². The molecule has 140 valence electrons. The Kier molecular flexibility index (Phi) is 4.20. The lowest BCUT2D eigenvalue weighted by Crippen LogP contribution is -2.15. The smallest absolute Gasteiger partial charge is 0.258 e. The molecule has 0 atom stereocenters. The average Bonchev–Trinajstić information content (AvgIpc) is 3.46. The van der Waals surface area contributed by atoms with Gasteiger partial charge in [-0.1, -0.05) is 17.8 Å². The molecular weight excluding hydrogens is 372 g/mol. The topological polar surface area (TPSA) is 78.0 Å². The zero-order valence-corrected chi connectivity index (χ0v) is 16.1. The van der Waals surface area contributed by atoms with Crippen molar-refractivity contribution in [2.24, 2.45) is 0 Å². The third kappa shape index (κ3) is 3.20. The van der Waals surface area contributed by atoms with Crippen LogP contribution in [0.25, 0.3) is 17.0 Å². The molecule has 1 aliphatic rings. The molecule has 8 heteroatoms. The van der Waals surface area contributed by atoms with Crippen LogP contribution >= 0.6 is 11.8 Å². The van der Waals surface area contributed by atoms with Gasteiger partial charge in [-0.05, 0) is 43.5 Å². The van der Waals surface area contributed by atoms with Crippen LogP contribution in [0.2, 0.25) is 0 Å². The van der Waals surface area contributed by atoms with Crippen molar-refractivity contribution in [3.63, 3.8) is 0 Å². The highest BCUT2D eigenvalue weighted by molar-refractivity contribution is 7.98. The third-order valence-electron chi connectivity index (χ3n) is 4.72. The number of nitrogens with zero attached hydrogens (tertiary/aromatic N) is 6. The molecule has 1 fully saturated rings. The van der Waals surface area contributed by atoms with Crippen LogP contribution in [0.4, 0.5) is 0 Å². The van der Waals surface area contributed by atoms with Crippen molar-refractivity contribution in [1.29, 1.82) is 0 Å². The van der Waals surface area contributed by atoms with Crippen molar-refractivity contribution < 1.29 is 0 Å². The van der Waals surface area contributed by atoms with Crippen molar-refractivity contribution in [2.75, 3.05) is 0 Å².